The van der Waals surface area contributed by atoms with Crippen molar-refractivity contribution in [3.8, 4) is 11.3 Å². The second-order valence-corrected chi connectivity index (χ2v) is 25.5. The lowest BCUT2D eigenvalue weighted by atomic mass is 9.65. The van der Waals surface area contributed by atoms with Gasteiger partial charge in [-0.25, -0.2) is 5.43 Å². The quantitative estimate of drug-likeness (QED) is 0.154. The average Bonchev–Trinajstić information content (AvgIpc) is 4.32. The summed E-state index contributed by atoms with van der Waals surface area (Å²) in [5, 5.41) is 6.29. The summed E-state index contributed by atoms with van der Waals surface area (Å²) in [6.07, 6.45) is 14.0. The number of carbonyl (C=O) groups is 3. The number of benzene rings is 2. The number of esters is 1. The van der Waals surface area contributed by atoms with Gasteiger partial charge in [-0.3, -0.25) is 29.3 Å². The van der Waals surface area contributed by atoms with E-state index in [4.69, 9.17) is 23.9 Å². The van der Waals surface area contributed by atoms with Gasteiger partial charge in [0.25, 0.3) is 5.91 Å². The number of morpholine rings is 2. The van der Waals surface area contributed by atoms with E-state index in [-0.39, 0.29) is 48.2 Å². The summed E-state index contributed by atoms with van der Waals surface area (Å²) >= 11 is 0. The maximum Gasteiger partial charge on any atom is 0.324 e. The molecule has 15 nitrogen and oxygen atoms in total. The van der Waals surface area contributed by atoms with Gasteiger partial charge >= 0.3 is 5.97 Å². The Labute approximate surface area is 468 Å². The Balaban J connectivity index is 0.960. The van der Waals surface area contributed by atoms with Crippen molar-refractivity contribution >= 4 is 40.1 Å². The Morgan fingerprint density at radius 3 is 2.47 bits per heavy atom. The molecule has 6 fully saturated rings. The normalized spacial score (nSPS) is 30.4. The number of carbonyl (C=O) groups excluding carboxylic acids is 3. The van der Waals surface area contributed by atoms with Crippen molar-refractivity contribution in [2.75, 3.05) is 89.2 Å². The first kappa shape index (κ1) is 54.5. The molecule has 2 amide bonds. The molecule has 2 aromatic heterocycles. The topological polar surface area (TPSA) is 143 Å². The second kappa shape index (κ2) is 23.1. The van der Waals surface area contributed by atoms with Gasteiger partial charge in [0.2, 0.25) is 5.91 Å². The molecule has 0 radical (unpaired) electrons. The van der Waals surface area contributed by atoms with Crippen molar-refractivity contribution in [2.24, 2.45) is 29.1 Å². The molecule has 10 atom stereocenters. The number of hydrogen-bond acceptors (Lipinski definition) is 12. The minimum Gasteiger partial charge on any atom is -0.464 e. The zero-order chi connectivity index (χ0) is 54.5. The molecule has 79 heavy (non-hydrogen) atoms. The number of anilines is 2. The number of fused-ring (bicyclic) bond motifs is 9. The zero-order valence-corrected chi connectivity index (χ0v) is 48.1. The van der Waals surface area contributed by atoms with Gasteiger partial charge in [-0.05, 0) is 142 Å². The van der Waals surface area contributed by atoms with Gasteiger partial charge in [-0.15, -0.1) is 0 Å². The van der Waals surface area contributed by atoms with Crippen LogP contribution in [0.4, 0.5) is 11.4 Å². The van der Waals surface area contributed by atoms with Crippen molar-refractivity contribution in [1.82, 2.24) is 30.2 Å². The third kappa shape index (κ3) is 10.8. The highest BCUT2D eigenvalue weighted by molar-refractivity contribution is 5.95. The number of aromatic nitrogens is 2. The number of cyclic esters (lactones) is 1. The Morgan fingerprint density at radius 2 is 1.67 bits per heavy atom. The van der Waals surface area contributed by atoms with E-state index in [9.17, 15) is 4.79 Å². The van der Waals surface area contributed by atoms with Crippen LogP contribution in [0.25, 0.3) is 22.2 Å². The molecule has 4 saturated heterocycles. The maximum absolute atomic E-state index is 15.7. The van der Waals surface area contributed by atoms with E-state index in [2.05, 4.69) is 119 Å². The summed E-state index contributed by atoms with van der Waals surface area (Å²) in [6.45, 7) is 18.1. The molecule has 426 valence electrons. The van der Waals surface area contributed by atoms with Crippen LogP contribution in [0.5, 0.6) is 0 Å². The van der Waals surface area contributed by atoms with Gasteiger partial charge in [0, 0.05) is 93.0 Å². The van der Waals surface area contributed by atoms with Crippen molar-refractivity contribution in [3.63, 3.8) is 0 Å². The minimum atomic E-state index is -0.985. The molecule has 4 aromatic rings. The summed E-state index contributed by atoms with van der Waals surface area (Å²) in [5.41, 5.74) is 13.2. The molecular formula is C64H88N8O7. The summed E-state index contributed by atoms with van der Waals surface area (Å²) in [4.78, 5) is 58.4. The fourth-order valence-corrected chi connectivity index (χ4v) is 15.7. The molecule has 7 heterocycles. The Morgan fingerprint density at radius 1 is 0.861 bits per heavy atom. The van der Waals surface area contributed by atoms with Crippen LogP contribution in [-0.4, -0.2) is 141 Å². The zero-order valence-electron chi connectivity index (χ0n) is 48.1. The van der Waals surface area contributed by atoms with Gasteiger partial charge in [0.1, 0.15) is 12.1 Å². The van der Waals surface area contributed by atoms with Crippen LogP contribution in [-0.2, 0) is 46.3 Å². The standard InChI is InChI=1S/C64H88N8O7/c1-7-71-54-23-22-44-34-50(54)52(59(71)51-35-45(37-65-57(51)41(3)76-6)68-25-11-10-14-42(24-27-68)43-20-21-43)36-64(4,5)39-79-63(75)53-19-13-26-72(67-53)62(74)58(60(69-28-31-77-32-29-69)55-38-70(44)30-33-78-55)66-61(73)56-40(2)46-15-8-9-16-47(46)48-17-12-18-49(48)56/h8-9,15-16,22-23,34-35,37,40-43,48-49,53,55-56,58,60,67H,7,10-14,17-21,24-33,36,38-39H2,1-6H3,(H,66,73)/t40?,41-,42?,48?,49?,53-,55+,56-,58-,60+/m0/s1. The average molecular weight is 1080 g/mol. The van der Waals surface area contributed by atoms with Crippen molar-refractivity contribution < 1.29 is 33.3 Å². The van der Waals surface area contributed by atoms with Crippen molar-refractivity contribution in [2.45, 2.75) is 160 Å². The number of methoxy groups -OCH3 is 1. The lowest BCUT2D eigenvalue weighted by molar-refractivity contribution is -0.157. The van der Waals surface area contributed by atoms with Crippen LogP contribution in [0.1, 0.15) is 146 Å². The monoisotopic (exact) mass is 1080 g/mol. The predicted octanol–water partition coefficient (Wildman–Crippen LogP) is 9.17. The number of hydrazine groups is 1. The predicted molar refractivity (Wildman–Crippen MR) is 308 cm³/mol. The third-order valence-electron chi connectivity index (χ3n) is 20.0. The number of hydrogen-bond donors (Lipinski definition) is 2. The van der Waals surface area contributed by atoms with Crippen LogP contribution in [0.3, 0.4) is 0 Å². The fraction of sp³-hybridized carbons (Fsp3) is 0.656. The first-order valence-corrected chi connectivity index (χ1v) is 30.6. The fourth-order valence-electron chi connectivity index (χ4n) is 15.7. The van der Waals surface area contributed by atoms with E-state index in [0.717, 1.165) is 90.0 Å². The highest BCUT2D eigenvalue weighted by Crippen LogP contribution is 2.54. The lowest BCUT2D eigenvalue weighted by Crippen LogP contribution is -2.70. The Hall–Kier alpha value is -5.06. The number of nitrogens with zero attached hydrogens (tertiary/aromatic N) is 6. The van der Waals surface area contributed by atoms with Crippen LogP contribution in [0.2, 0.25) is 0 Å². The number of rotatable bonds is 9. The number of ether oxygens (including phenoxy) is 4. The molecule has 3 aliphatic carbocycles. The van der Waals surface area contributed by atoms with E-state index in [1.54, 1.807) is 12.1 Å². The van der Waals surface area contributed by atoms with Crippen LogP contribution < -0.4 is 20.5 Å². The van der Waals surface area contributed by atoms with Crippen molar-refractivity contribution in [1.29, 1.82) is 0 Å². The molecule has 5 aliphatic heterocycles. The van der Waals surface area contributed by atoms with Crippen molar-refractivity contribution in [3.05, 3.63) is 77.1 Å². The van der Waals surface area contributed by atoms with Crippen LogP contribution in [0.15, 0.2) is 54.7 Å². The molecular weight excluding hydrogens is 993 g/mol. The third-order valence-corrected chi connectivity index (χ3v) is 20.0. The molecule has 6 bridgehead atoms. The summed E-state index contributed by atoms with van der Waals surface area (Å²) < 4.78 is 27.9. The molecule has 8 aliphatic rings. The van der Waals surface area contributed by atoms with E-state index in [1.807, 2.05) is 0 Å². The van der Waals surface area contributed by atoms with E-state index >= 15 is 9.59 Å². The second-order valence-electron chi connectivity index (χ2n) is 25.5. The number of aryl methyl sites for hydroxylation is 1. The summed E-state index contributed by atoms with van der Waals surface area (Å²) in [5.74, 6) is 1.16. The first-order chi connectivity index (χ1) is 38.4. The van der Waals surface area contributed by atoms with Crippen LogP contribution >= 0.6 is 0 Å². The van der Waals surface area contributed by atoms with Gasteiger partial charge in [-0.2, -0.15) is 0 Å². The maximum atomic E-state index is 15.7. The van der Waals surface area contributed by atoms with Gasteiger partial charge < -0.3 is 38.6 Å². The van der Waals surface area contributed by atoms with E-state index in [0.29, 0.717) is 77.7 Å². The highest BCUT2D eigenvalue weighted by atomic mass is 16.5. The molecule has 15 heteroatoms. The smallest absolute Gasteiger partial charge is 0.324 e. The Bertz CT molecular complexity index is 2860. The number of nitrogens with one attached hydrogen (secondary N) is 2. The molecule has 2 N–H and O–H groups in total. The van der Waals surface area contributed by atoms with Crippen LogP contribution in [0, 0.1) is 29.1 Å². The largest absolute Gasteiger partial charge is 0.464 e. The van der Waals surface area contributed by atoms with E-state index in [1.165, 1.54) is 55.2 Å². The lowest BCUT2D eigenvalue weighted by Gasteiger charge is -2.48. The molecule has 2 aromatic carbocycles. The molecule has 0 spiro atoms. The van der Waals surface area contributed by atoms with Gasteiger partial charge in [0.05, 0.1) is 67.9 Å². The SMILES string of the molecule is CCn1c(-c2cc(N3CCCCC(C4CC4)CC3)cnc2[C@H](C)OC)c2c3cc(ccc31)N1CCO[C@H](C1)[C@@H](N1CCOCC1)[C@H](NC(=O)[C@H]1C(C)c3ccccc3C3CCCC31)C(=O)N1CCC[C@H](N1)C(=O)OCC(C)(C)C2. The summed E-state index contributed by atoms with van der Waals surface area (Å²) in [6, 6.07) is 15.7. The highest BCUT2D eigenvalue weighted by Gasteiger charge is 2.50. The first-order valence-electron chi connectivity index (χ1n) is 30.6. The molecule has 4 unspecified atom stereocenters. The molecule has 12 rings (SSSR count). The van der Waals surface area contributed by atoms with Gasteiger partial charge in [-0.1, -0.05) is 64.3 Å². The number of pyridine rings is 1. The minimum absolute atomic E-state index is 0.0219. The van der Waals surface area contributed by atoms with Gasteiger partial charge in [0.15, 0.2) is 0 Å². The molecule has 2 saturated carbocycles. The number of amides is 2. The Kier molecular flexibility index (Phi) is 15.9. The van der Waals surface area contributed by atoms with E-state index < -0.39 is 29.6 Å². The summed E-state index contributed by atoms with van der Waals surface area (Å²) in [7, 11) is 1.77.